The molecule has 3 aromatic rings. The Morgan fingerprint density at radius 3 is 2.46 bits per heavy atom. The van der Waals surface area contributed by atoms with E-state index in [1.165, 1.54) is 11.1 Å². The number of pyridine rings is 1. The van der Waals surface area contributed by atoms with Gasteiger partial charge in [-0.15, -0.1) is 0 Å². The molecule has 0 bridgehead atoms. The molecule has 1 unspecified atom stereocenters. The van der Waals surface area contributed by atoms with Crippen LogP contribution in [0.25, 0.3) is 0 Å². The summed E-state index contributed by atoms with van der Waals surface area (Å²) in [6.07, 6.45) is 3.72. The number of hydrogen-bond acceptors (Lipinski definition) is 4. The first kappa shape index (κ1) is 16.9. The molecule has 0 saturated carbocycles. The molecule has 1 aliphatic rings. The molecule has 5 heteroatoms. The third-order valence-corrected chi connectivity index (χ3v) is 5.18. The number of nitrogens with zero attached hydrogens (tertiary/aromatic N) is 4. The Hall–Kier alpha value is -2.50. The van der Waals surface area contributed by atoms with Gasteiger partial charge in [-0.05, 0) is 36.2 Å². The smallest absolute Gasteiger partial charge is 0.0774 e. The molecule has 3 heterocycles. The standard InChI is InChI=1S/C21H25N5/c1-17-6-2-3-8-19(17)21(20-9-11-23-24-20)26-14-12-25(13-15-26)16-18-7-4-5-10-22-18/h2-11,21H,12-16H2,1H3,(H,23,24). The van der Waals surface area contributed by atoms with Gasteiger partial charge in [-0.1, -0.05) is 30.3 Å². The summed E-state index contributed by atoms with van der Waals surface area (Å²) in [7, 11) is 0. The molecule has 1 aliphatic heterocycles. The molecule has 134 valence electrons. The number of aromatic amines is 1. The van der Waals surface area contributed by atoms with Crippen LogP contribution in [0.5, 0.6) is 0 Å². The Bertz CT molecular complexity index is 807. The Morgan fingerprint density at radius 1 is 0.962 bits per heavy atom. The molecule has 0 aliphatic carbocycles. The van der Waals surface area contributed by atoms with Crippen molar-refractivity contribution in [2.24, 2.45) is 0 Å². The van der Waals surface area contributed by atoms with E-state index in [1.54, 1.807) is 0 Å². The van der Waals surface area contributed by atoms with E-state index in [0.717, 1.165) is 44.1 Å². The number of benzene rings is 1. The van der Waals surface area contributed by atoms with Crippen LogP contribution in [0.3, 0.4) is 0 Å². The third-order valence-electron chi connectivity index (χ3n) is 5.18. The van der Waals surface area contributed by atoms with E-state index < -0.39 is 0 Å². The van der Waals surface area contributed by atoms with E-state index in [9.17, 15) is 0 Å². The lowest BCUT2D eigenvalue weighted by Gasteiger charge is -2.39. The molecule has 1 fully saturated rings. The maximum Gasteiger partial charge on any atom is 0.0774 e. The fourth-order valence-electron chi connectivity index (χ4n) is 3.77. The first-order valence-electron chi connectivity index (χ1n) is 9.22. The minimum absolute atomic E-state index is 0.232. The zero-order chi connectivity index (χ0) is 17.8. The van der Waals surface area contributed by atoms with Gasteiger partial charge in [-0.3, -0.25) is 19.9 Å². The Balaban J connectivity index is 1.49. The fourth-order valence-corrected chi connectivity index (χ4v) is 3.77. The normalized spacial score (nSPS) is 17.3. The lowest BCUT2D eigenvalue weighted by Crippen LogP contribution is -2.47. The summed E-state index contributed by atoms with van der Waals surface area (Å²) in [5.74, 6) is 0. The van der Waals surface area contributed by atoms with Crippen LogP contribution in [0.1, 0.15) is 28.6 Å². The minimum atomic E-state index is 0.232. The summed E-state index contributed by atoms with van der Waals surface area (Å²) in [4.78, 5) is 9.51. The van der Waals surface area contributed by atoms with Crippen LogP contribution in [0, 0.1) is 6.92 Å². The molecule has 0 amide bonds. The van der Waals surface area contributed by atoms with E-state index >= 15 is 0 Å². The second-order valence-electron chi connectivity index (χ2n) is 6.90. The minimum Gasteiger partial charge on any atom is -0.295 e. The van der Waals surface area contributed by atoms with Crippen molar-refractivity contribution in [3.05, 3.63) is 83.4 Å². The molecule has 1 atom stereocenters. The Kier molecular flexibility index (Phi) is 5.09. The molecule has 5 nitrogen and oxygen atoms in total. The fraction of sp³-hybridized carbons (Fsp3) is 0.333. The van der Waals surface area contributed by atoms with Crippen LogP contribution >= 0.6 is 0 Å². The number of piperazine rings is 1. The number of aryl methyl sites for hydroxylation is 1. The summed E-state index contributed by atoms with van der Waals surface area (Å²) in [6.45, 7) is 7.28. The summed E-state index contributed by atoms with van der Waals surface area (Å²) in [5.41, 5.74) is 4.99. The first-order valence-corrected chi connectivity index (χ1v) is 9.22. The van der Waals surface area contributed by atoms with E-state index in [2.05, 4.69) is 74.4 Å². The molecule has 26 heavy (non-hydrogen) atoms. The second-order valence-corrected chi connectivity index (χ2v) is 6.90. The lowest BCUT2D eigenvalue weighted by atomic mass is 9.96. The van der Waals surface area contributed by atoms with Crippen molar-refractivity contribution in [3.8, 4) is 0 Å². The van der Waals surface area contributed by atoms with Gasteiger partial charge in [0.15, 0.2) is 0 Å². The number of nitrogens with one attached hydrogen (secondary N) is 1. The molecule has 2 aromatic heterocycles. The first-order chi connectivity index (χ1) is 12.8. The largest absolute Gasteiger partial charge is 0.295 e. The Morgan fingerprint density at radius 2 is 1.77 bits per heavy atom. The molecule has 1 N–H and O–H groups in total. The predicted octanol–water partition coefficient (Wildman–Crippen LogP) is 3.02. The zero-order valence-electron chi connectivity index (χ0n) is 15.2. The number of aromatic nitrogens is 3. The van der Waals surface area contributed by atoms with Gasteiger partial charge >= 0.3 is 0 Å². The predicted molar refractivity (Wildman–Crippen MR) is 103 cm³/mol. The van der Waals surface area contributed by atoms with Gasteiger partial charge in [0.25, 0.3) is 0 Å². The van der Waals surface area contributed by atoms with Crippen molar-refractivity contribution in [1.29, 1.82) is 0 Å². The molecule has 1 aromatic carbocycles. The van der Waals surface area contributed by atoms with Crippen LogP contribution in [0.15, 0.2) is 60.9 Å². The average molecular weight is 347 g/mol. The highest BCUT2D eigenvalue weighted by Gasteiger charge is 2.28. The van der Waals surface area contributed by atoms with Gasteiger partial charge < -0.3 is 0 Å². The molecular weight excluding hydrogens is 322 g/mol. The van der Waals surface area contributed by atoms with Crippen LogP contribution < -0.4 is 0 Å². The molecular formula is C21H25N5. The van der Waals surface area contributed by atoms with Crippen LogP contribution in [-0.4, -0.2) is 51.2 Å². The van der Waals surface area contributed by atoms with Crippen molar-refractivity contribution in [2.75, 3.05) is 26.2 Å². The van der Waals surface area contributed by atoms with Gasteiger partial charge in [0, 0.05) is 45.1 Å². The highest BCUT2D eigenvalue weighted by Crippen LogP contribution is 2.30. The van der Waals surface area contributed by atoms with Gasteiger partial charge in [-0.25, -0.2) is 0 Å². The van der Waals surface area contributed by atoms with Crippen LogP contribution in [0.4, 0.5) is 0 Å². The van der Waals surface area contributed by atoms with E-state index in [0.29, 0.717) is 0 Å². The maximum absolute atomic E-state index is 4.46. The van der Waals surface area contributed by atoms with Gasteiger partial charge in [0.2, 0.25) is 0 Å². The molecule has 1 saturated heterocycles. The number of rotatable bonds is 5. The number of hydrogen-bond donors (Lipinski definition) is 1. The summed E-state index contributed by atoms with van der Waals surface area (Å²) < 4.78 is 0. The highest BCUT2D eigenvalue weighted by atomic mass is 15.3. The zero-order valence-corrected chi connectivity index (χ0v) is 15.2. The number of H-pyrrole nitrogens is 1. The summed E-state index contributed by atoms with van der Waals surface area (Å²) in [6, 6.07) is 17.1. The van der Waals surface area contributed by atoms with Crippen molar-refractivity contribution in [1.82, 2.24) is 25.0 Å². The highest BCUT2D eigenvalue weighted by molar-refractivity contribution is 5.34. The average Bonchev–Trinajstić information content (AvgIpc) is 3.20. The van der Waals surface area contributed by atoms with Crippen molar-refractivity contribution < 1.29 is 0 Å². The third kappa shape index (κ3) is 3.69. The van der Waals surface area contributed by atoms with E-state index in [1.807, 2.05) is 18.5 Å². The quantitative estimate of drug-likeness (QED) is 0.771. The van der Waals surface area contributed by atoms with E-state index in [-0.39, 0.29) is 6.04 Å². The van der Waals surface area contributed by atoms with Crippen LogP contribution in [0.2, 0.25) is 0 Å². The van der Waals surface area contributed by atoms with Crippen molar-refractivity contribution in [2.45, 2.75) is 19.5 Å². The van der Waals surface area contributed by atoms with Gasteiger partial charge in [-0.2, -0.15) is 5.10 Å². The molecule has 0 radical (unpaired) electrons. The second kappa shape index (κ2) is 7.81. The Labute approximate surface area is 154 Å². The maximum atomic E-state index is 4.46. The molecule has 4 rings (SSSR count). The summed E-state index contributed by atoms with van der Waals surface area (Å²) in [5, 5.41) is 7.39. The summed E-state index contributed by atoms with van der Waals surface area (Å²) >= 11 is 0. The monoisotopic (exact) mass is 347 g/mol. The van der Waals surface area contributed by atoms with E-state index in [4.69, 9.17) is 0 Å². The van der Waals surface area contributed by atoms with Crippen molar-refractivity contribution in [3.63, 3.8) is 0 Å². The topological polar surface area (TPSA) is 48.1 Å². The molecule has 0 spiro atoms. The lowest BCUT2D eigenvalue weighted by molar-refractivity contribution is 0.102. The van der Waals surface area contributed by atoms with Crippen LogP contribution in [-0.2, 0) is 6.54 Å². The van der Waals surface area contributed by atoms with Gasteiger partial charge in [0.1, 0.15) is 0 Å². The van der Waals surface area contributed by atoms with Crippen molar-refractivity contribution >= 4 is 0 Å². The van der Waals surface area contributed by atoms with Gasteiger partial charge in [0.05, 0.1) is 17.4 Å². The SMILES string of the molecule is Cc1ccccc1C(c1ccn[nH]1)N1CCN(Cc2ccccn2)CC1.